The molecule has 2 atom stereocenters. The van der Waals surface area contributed by atoms with Gasteiger partial charge in [-0.3, -0.25) is 9.69 Å². The van der Waals surface area contributed by atoms with Gasteiger partial charge in [0.25, 0.3) is 0 Å². The van der Waals surface area contributed by atoms with Crippen molar-refractivity contribution in [2.24, 2.45) is 5.92 Å². The summed E-state index contributed by atoms with van der Waals surface area (Å²) >= 11 is 0. The van der Waals surface area contributed by atoms with Crippen LogP contribution in [0.4, 0.5) is 11.4 Å². The summed E-state index contributed by atoms with van der Waals surface area (Å²) in [5.41, 5.74) is 8.39. The zero-order valence-electron chi connectivity index (χ0n) is 12.8. The van der Waals surface area contributed by atoms with Crippen LogP contribution in [0.25, 0.3) is 0 Å². The van der Waals surface area contributed by atoms with Gasteiger partial charge in [0.15, 0.2) is 0 Å². The highest BCUT2D eigenvalue weighted by molar-refractivity contribution is 5.93. The number of likely N-dealkylation sites (tertiary alicyclic amines) is 1. The lowest BCUT2D eigenvalue weighted by Crippen LogP contribution is -2.46. The first kappa shape index (κ1) is 14.4. The molecule has 0 aromatic heterocycles. The third-order valence-corrected chi connectivity index (χ3v) is 5.10. The number of nitrogens with zero attached hydrogens (tertiary/aromatic N) is 1. The number of piperidine rings is 1. The minimum Gasteiger partial charge on any atom is -0.398 e. The Morgan fingerprint density at radius 1 is 1.33 bits per heavy atom. The van der Waals surface area contributed by atoms with E-state index in [1.54, 1.807) is 0 Å². The van der Waals surface area contributed by atoms with Crippen molar-refractivity contribution in [3.63, 3.8) is 0 Å². The van der Waals surface area contributed by atoms with Gasteiger partial charge in [-0.1, -0.05) is 12.5 Å². The molecule has 3 N–H and O–H groups in total. The van der Waals surface area contributed by atoms with Crippen LogP contribution in [0.5, 0.6) is 0 Å². The maximum Gasteiger partial charge on any atom is 0.238 e. The van der Waals surface area contributed by atoms with Crippen molar-refractivity contribution in [2.75, 3.05) is 24.1 Å². The van der Waals surface area contributed by atoms with Gasteiger partial charge < -0.3 is 11.1 Å². The third-order valence-electron chi connectivity index (χ3n) is 5.10. The number of carbonyl (C=O) groups is 1. The second-order valence-corrected chi connectivity index (χ2v) is 6.44. The van der Waals surface area contributed by atoms with E-state index < -0.39 is 0 Å². The number of hydrogen-bond acceptors (Lipinski definition) is 3. The number of hydrogen-bond donors (Lipinski definition) is 2. The van der Waals surface area contributed by atoms with Crippen LogP contribution in [0, 0.1) is 12.8 Å². The van der Waals surface area contributed by atoms with Crippen LogP contribution in [-0.4, -0.2) is 29.9 Å². The zero-order valence-corrected chi connectivity index (χ0v) is 12.8. The zero-order chi connectivity index (χ0) is 14.8. The summed E-state index contributed by atoms with van der Waals surface area (Å²) in [5, 5.41) is 3.02. The number of nitrogens with two attached hydrogens (primary N) is 1. The van der Waals surface area contributed by atoms with Crippen LogP contribution in [0.3, 0.4) is 0 Å². The van der Waals surface area contributed by atoms with Gasteiger partial charge in [0, 0.05) is 17.4 Å². The van der Waals surface area contributed by atoms with Crippen molar-refractivity contribution >= 4 is 17.3 Å². The molecular formula is C17H25N3O. The molecule has 1 aliphatic carbocycles. The maximum absolute atomic E-state index is 12.3. The summed E-state index contributed by atoms with van der Waals surface area (Å²) in [6.45, 7) is 3.51. The molecule has 1 aliphatic heterocycles. The van der Waals surface area contributed by atoms with Gasteiger partial charge in [0.05, 0.1) is 6.54 Å². The van der Waals surface area contributed by atoms with E-state index in [9.17, 15) is 4.79 Å². The predicted octanol–water partition coefficient (Wildman–Crippen LogP) is 2.78. The lowest BCUT2D eigenvalue weighted by atomic mass is 9.92. The van der Waals surface area contributed by atoms with E-state index in [2.05, 4.69) is 10.2 Å². The van der Waals surface area contributed by atoms with Crippen LogP contribution in [-0.2, 0) is 4.79 Å². The van der Waals surface area contributed by atoms with Crippen molar-refractivity contribution < 1.29 is 4.79 Å². The van der Waals surface area contributed by atoms with Crippen LogP contribution in [0.1, 0.15) is 37.7 Å². The largest absolute Gasteiger partial charge is 0.398 e. The van der Waals surface area contributed by atoms with Crippen LogP contribution in [0.15, 0.2) is 18.2 Å². The Bertz CT molecular complexity index is 529. The Morgan fingerprint density at radius 2 is 2.14 bits per heavy atom. The first-order chi connectivity index (χ1) is 10.1. The molecule has 0 radical (unpaired) electrons. The SMILES string of the molecule is Cc1c(N)cccc1NC(=O)CN1CCCC2CCCC21. The number of benzene rings is 1. The molecule has 3 rings (SSSR count). The molecule has 1 amide bonds. The van der Waals surface area contributed by atoms with E-state index in [0.717, 1.165) is 29.4 Å². The Kier molecular flexibility index (Phi) is 4.15. The highest BCUT2D eigenvalue weighted by atomic mass is 16.2. The molecule has 114 valence electrons. The molecule has 0 bridgehead atoms. The molecule has 1 aromatic carbocycles. The molecule has 2 aliphatic rings. The lowest BCUT2D eigenvalue weighted by Gasteiger charge is -2.37. The quantitative estimate of drug-likeness (QED) is 0.840. The minimum atomic E-state index is 0.0799. The number of nitrogen functional groups attached to an aromatic ring is 1. The third kappa shape index (κ3) is 3.05. The first-order valence-corrected chi connectivity index (χ1v) is 8.04. The smallest absolute Gasteiger partial charge is 0.238 e. The minimum absolute atomic E-state index is 0.0799. The Morgan fingerprint density at radius 3 is 3.00 bits per heavy atom. The van der Waals surface area contributed by atoms with Gasteiger partial charge in [0.1, 0.15) is 0 Å². The van der Waals surface area contributed by atoms with Gasteiger partial charge >= 0.3 is 0 Å². The van der Waals surface area contributed by atoms with Crippen molar-refractivity contribution in [2.45, 2.75) is 45.1 Å². The molecule has 21 heavy (non-hydrogen) atoms. The summed E-state index contributed by atoms with van der Waals surface area (Å²) in [4.78, 5) is 14.7. The summed E-state index contributed by atoms with van der Waals surface area (Å²) in [6.07, 6.45) is 6.50. The number of rotatable bonds is 3. The monoisotopic (exact) mass is 287 g/mol. The predicted molar refractivity (Wildman–Crippen MR) is 86.2 cm³/mol. The topological polar surface area (TPSA) is 58.4 Å². The fraction of sp³-hybridized carbons (Fsp3) is 0.588. The molecule has 1 aromatic rings. The Balaban J connectivity index is 1.62. The van der Waals surface area contributed by atoms with Gasteiger partial charge in [0.2, 0.25) is 5.91 Å². The molecule has 4 heteroatoms. The van der Waals surface area contributed by atoms with Gasteiger partial charge in [-0.2, -0.15) is 0 Å². The normalized spacial score (nSPS) is 25.6. The second-order valence-electron chi connectivity index (χ2n) is 6.44. The van der Waals surface area contributed by atoms with E-state index >= 15 is 0 Å². The first-order valence-electron chi connectivity index (χ1n) is 8.04. The van der Waals surface area contributed by atoms with E-state index in [0.29, 0.717) is 12.6 Å². The highest BCUT2D eigenvalue weighted by Gasteiger charge is 2.35. The standard InChI is InChI=1S/C17H25N3O/c1-12-14(18)7-3-8-15(12)19-17(21)11-20-10-4-6-13-5-2-9-16(13)20/h3,7-8,13,16H,2,4-6,9-11,18H2,1H3,(H,19,21). The average Bonchev–Trinajstić information content (AvgIpc) is 2.93. The van der Waals surface area contributed by atoms with Crippen LogP contribution in [0.2, 0.25) is 0 Å². The lowest BCUT2D eigenvalue weighted by molar-refractivity contribution is -0.118. The maximum atomic E-state index is 12.3. The Labute approximate surface area is 126 Å². The van der Waals surface area contributed by atoms with E-state index in [-0.39, 0.29) is 5.91 Å². The number of nitrogens with one attached hydrogen (secondary N) is 1. The summed E-state index contributed by atoms with van der Waals surface area (Å²) in [6, 6.07) is 6.29. The fourth-order valence-electron chi connectivity index (χ4n) is 3.92. The number of anilines is 2. The molecule has 2 fully saturated rings. The van der Waals surface area contributed by atoms with E-state index in [1.165, 1.54) is 32.1 Å². The fourth-order valence-corrected chi connectivity index (χ4v) is 3.92. The van der Waals surface area contributed by atoms with Gasteiger partial charge in [-0.05, 0) is 62.8 Å². The van der Waals surface area contributed by atoms with Gasteiger partial charge in [-0.25, -0.2) is 0 Å². The van der Waals surface area contributed by atoms with Gasteiger partial charge in [-0.15, -0.1) is 0 Å². The number of fused-ring (bicyclic) bond motifs is 1. The van der Waals surface area contributed by atoms with E-state index in [1.807, 2.05) is 25.1 Å². The van der Waals surface area contributed by atoms with E-state index in [4.69, 9.17) is 5.73 Å². The van der Waals surface area contributed by atoms with Crippen molar-refractivity contribution in [1.29, 1.82) is 0 Å². The van der Waals surface area contributed by atoms with Crippen LogP contribution >= 0.6 is 0 Å². The van der Waals surface area contributed by atoms with Crippen molar-refractivity contribution in [3.8, 4) is 0 Å². The molecule has 1 heterocycles. The van der Waals surface area contributed by atoms with Crippen molar-refractivity contribution in [1.82, 2.24) is 4.90 Å². The molecule has 1 saturated carbocycles. The second kappa shape index (κ2) is 6.06. The summed E-state index contributed by atoms with van der Waals surface area (Å²) in [7, 11) is 0. The average molecular weight is 287 g/mol. The number of carbonyl (C=O) groups excluding carboxylic acids is 1. The molecule has 0 spiro atoms. The highest BCUT2D eigenvalue weighted by Crippen LogP contribution is 2.36. The molecule has 2 unspecified atom stereocenters. The summed E-state index contributed by atoms with van der Waals surface area (Å²) < 4.78 is 0. The van der Waals surface area contributed by atoms with Crippen LogP contribution < -0.4 is 11.1 Å². The number of amides is 1. The molecule has 4 nitrogen and oxygen atoms in total. The Hall–Kier alpha value is -1.55. The molecule has 1 saturated heterocycles. The molecular weight excluding hydrogens is 262 g/mol. The van der Waals surface area contributed by atoms with Crippen molar-refractivity contribution in [3.05, 3.63) is 23.8 Å². The summed E-state index contributed by atoms with van der Waals surface area (Å²) in [5.74, 6) is 0.900.